The van der Waals surface area contributed by atoms with E-state index in [-0.39, 0.29) is 11.3 Å². The Bertz CT molecular complexity index is 714. The molecule has 0 unspecified atom stereocenters. The second-order valence-electron chi connectivity index (χ2n) is 7.17. The summed E-state index contributed by atoms with van der Waals surface area (Å²) in [5, 5.41) is 2.92. The Balaban J connectivity index is 1.91. The highest BCUT2D eigenvalue weighted by Crippen LogP contribution is 2.30. The molecule has 0 aliphatic rings. The minimum absolute atomic E-state index is 0.0266. The van der Waals surface area contributed by atoms with Gasteiger partial charge in [-0.1, -0.05) is 56.7 Å². The maximum absolute atomic E-state index is 12.2. The van der Waals surface area contributed by atoms with Crippen LogP contribution < -0.4 is 10.1 Å². The molecule has 128 valence electrons. The minimum atomic E-state index is -0.0554. The smallest absolute Gasteiger partial charge is 0.251 e. The summed E-state index contributed by atoms with van der Waals surface area (Å²) in [5.41, 5.74) is 4.07. The lowest BCUT2D eigenvalue weighted by Crippen LogP contribution is -2.29. The average Bonchev–Trinajstić information content (AvgIpc) is 2.50. The van der Waals surface area contributed by atoms with Crippen molar-refractivity contribution in [3.63, 3.8) is 0 Å². The maximum atomic E-state index is 12.2. The van der Waals surface area contributed by atoms with E-state index in [2.05, 4.69) is 32.2 Å². The molecule has 0 spiro atoms. The number of para-hydroxylation sites is 1. The monoisotopic (exact) mass is 325 g/mol. The van der Waals surface area contributed by atoms with Gasteiger partial charge >= 0.3 is 0 Å². The highest BCUT2D eigenvalue weighted by molar-refractivity contribution is 5.95. The lowest BCUT2D eigenvalue weighted by atomic mass is 9.86. The first-order valence-electron chi connectivity index (χ1n) is 8.37. The number of hydrogen-bond donors (Lipinski definition) is 1. The zero-order valence-corrected chi connectivity index (χ0v) is 15.3. The normalized spacial score (nSPS) is 11.2. The number of nitrogens with one attached hydrogen (secondary N) is 1. The van der Waals surface area contributed by atoms with Crippen LogP contribution in [0.15, 0.2) is 42.5 Å². The molecule has 0 aliphatic heterocycles. The minimum Gasteiger partial charge on any atom is -0.491 e. The molecule has 0 radical (unpaired) electrons. The molecule has 24 heavy (non-hydrogen) atoms. The molecule has 2 aromatic carbocycles. The molecular weight excluding hydrogens is 298 g/mol. The van der Waals surface area contributed by atoms with Crippen molar-refractivity contribution in [1.82, 2.24) is 5.32 Å². The van der Waals surface area contributed by atoms with Crippen molar-refractivity contribution in [3.05, 3.63) is 64.7 Å². The van der Waals surface area contributed by atoms with E-state index in [0.717, 1.165) is 22.4 Å². The molecule has 0 fully saturated rings. The van der Waals surface area contributed by atoms with Crippen molar-refractivity contribution in [2.75, 3.05) is 13.2 Å². The van der Waals surface area contributed by atoms with E-state index in [1.807, 2.05) is 50.2 Å². The molecule has 0 saturated heterocycles. The van der Waals surface area contributed by atoms with Gasteiger partial charge in [0.15, 0.2) is 0 Å². The van der Waals surface area contributed by atoms with Gasteiger partial charge in [-0.25, -0.2) is 0 Å². The lowest BCUT2D eigenvalue weighted by molar-refractivity contribution is 0.0946. The zero-order valence-electron chi connectivity index (χ0n) is 15.3. The zero-order chi connectivity index (χ0) is 17.7. The fourth-order valence-electron chi connectivity index (χ4n) is 2.70. The number of hydrogen-bond acceptors (Lipinski definition) is 2. The Morgan fingerprint density at radius 1 is 1.08 bits per heavy atom. The number of aryl methyl sites for hydroxylation is 2. The van der Waals surface area contributed by atoms with E-state index < -0.39 is 0 Å². The third-order valence-corrected chi connectivity index (χ3v) is 3.97. The highest BCUT2D eigenvalue weighted by atomic mass is 16.5. The number of carbonyl (C=O) groups excluding carboxylic acids is 1. The van der Waals surface area contributed by atoms with Gasteiger partial charge in [0.2, 0.25) is 0 Å². The molecule has 2 aromatic rings. The predicted molar refractivity (Wildman–Crippen MR) is 98.9 cm³/mol. The molecule has 3 heteroatoms. The first-order valence-corrected chi connectivity index (χ1v) is 8.37. The number of amides is 1. The van der Waals surface area contributed by atoms with Gasteiger partial charge in [0.25, 0.3) is 5.91 Å². The Morgan fingerprint density at radius 2 is 1.79 bits per heavy atom. The lowest BCUT2D eigenvalue weighted by Gasteiger charge is -2.22. The second kappa shape index (κ2) is 7.52. The van der Waals surface area contributed by atoms with Crippen LogP contribution in [0.5, 0.6) is 5.75 Å². The highest BCUT2D eigenvalue weighted by Gasteiger charge is 2.18. The van der Waals surface area contributed by atoms with E-state index >= 15 is 0 Å². The van der Waals surface area contributed by atoms with Gasteiger partial charge in [0.1, 0.15) is 12.4 Å². The van der Waals surface area contributed by atoms with Gasteiger partial charge in [0, 0.05) is 5.56 Å². The van der Waals surface area contributed by atoms with Crippen LogP contribution in [0.3, 0.4) is 0 Å². The number of rotatable bonds is 5. The summed E-state index contributed by atoms with van der Waals surface area (Å²) in [6.45, 7) is 11.4. The summed E-state index contributed by atoms with van der Waals surface area (Å²) in [5.74, 6) is 0.825. The van der Waals surface area contributed by atoms with Crippen LogP contribution in [0, 0.1) is 13.8 Å². The molecule has 2 rings (SSSR count). The summed E-state index contributed by atoms with van der Waals surface area (Å²) in [6, 6.07) is 13.9. The summed E-state index contributed by atoms with van der Waals surface area (Å²) in [6.07, 6.45) is 0. The second-order valence-corrected chi connectivity index (χ2v) is 7.17. The van der Waals surface area contributed by atoms with E-state index in [1.54, 1.807) is 0 Å². The summed E-state index contributed by atoms with van der Waals surface area (Å²) in [4.78, 5) is 12.2. The van der Waals surface area contributed by atoms with Crippen LogP contribution >= 0.6 is 0 Å². The fraction of sp³-hybridized carbons (Fsp3) is 0.381. The van der Waals surface area contributed by atoms with Crippen LogP contribution in [-0.4, -0.2) is 19.1 Å². The molecular formula is C21H27NO2. The van der Waals surface area contributed by atoms with Gasteiger partial charge in [0.05, 0.1) is 6.54 Å². The topological polar surface area (TPSA) is 38.3 Å². The van der Waals surface area contributed by atoms with Gasteiger partial charge in [-0.05, 0) is 42.5 Å². The summed E-state index contributed by atoms with van der Waals surface area (Å²) in [7, 11) is 0. The molecule has 0 atom stereocenters. The van der Waals surface area contributed by atoms with E-state index in [1.165, 1.54) is 5.56 Å². The van der Waals surface area contributed by atoms with Gasteiger partial charge in [-0.3, -0.25) is 4.79 Å². The molecule has 0 aliphatic carbocycles. The van der Waals surface area contributed by atoms with Gasteiger partial charge < -0.3 is 10.1 Å². The quantitative estimate of drug-likeness (QED) is 0.827. The number of benzene rings is 2. The molecule has 0 saturated carbocycles. The van der Waals surface area contributed by atoms with Gasteiger partial charge in [-0.2, -0.15) is 0 Å². The number of carbonyl (C=O) groups is 1. The van der Waals surface area contributed by atoms with Crippen LogP contribution in [0.1, 0.15) is 47.8 Å². The first kappa shape index (κ1) is 18.1. The van der Waals surface area contributed by atoms with Crippen molar-refractivity contribution >= 4 is 5.91 Å². The van der Waals surface area contributed by atoms with Crippen molar-refractivity contribution in [1.29, 1.82) is 0 Å². The van der Waals surface area contributed by atoms with E-state index in [0.29, 0.717) is 13.2 Å². The van der Waals surface area contributed by atoms with Crippen LogP contribution in [0.25, 0.3) is 0 Å². The Morgan fingerprint density at radius 3 is 2.46 bits per heavy atom. The molecule has 1 amide bonds. The first-order chi connectivity index (χ1) is 11.3. The number of ether oxygens (including phenoxy) is 1. The standard InChI is InChI=1S/C21H27NO2/c1-15-10-11-17(16(2)14-15)20(23)22-12-13-24-19-9-7-6-8-18(19)21(3,4)5/h6-11,14H,12-13H2,1-5H3,(H,22,23). The fourth-order valence-corrected chi connectivity index (χ4v) is 2.70. The van der Waals surface area contributed by atoms with Crippen LogP contribution in [-0.2, 0) is 5.41 Å². The molecule has 0 aromatic heterocycles. The molecule has 0 bridgehead atoms. The Kier molecular flexibility index (Phi) is 5.66. The summed E-state index contributed by atoms with van der Waals surface area (Å²) < 4.78 is 5.88. The Labute approximate surface area is 145 Å². The van der Waals surface area contributed by atoms with Crippen molar-refractivity contribution in [3.8, 4) is 5.75 Å². The predicted octanol–water partition coefficient (Wildman–Crippen LogP) is 4.41. The van der Waals surface area contributed by atoms with Crippen molar-refractivity contribution < 1.29 is 9.53 Å². The maximum Gasteiger partial charge on any atom is 0.251 e. The summed E-state index contributed by atoms with van der Waals surface area (Å²) >= 11 is 0. The van der Waals surface area contributed by atoms with E-state index in [9.17, 15) is 4.79 Å². The Hall–Kier alpha value is -2.29. The molecule has 3 nitrogen and oxygen atoms in total. The SMILES string of the molecule is Cc1ccc(C(=O)NCCOc2ccccc2C(C)(C)C)c(C)c1. The third-order valence-electron chi connectivity index (χ3n) is 3.97. The molecule has 0 heterocycles. The molecule has 1 N–H and O–H groups in total. The van der Waals surface area contributed by atoms with Crippen LogP contribution in [0.4, 0.5) is 0 Å². The average molecular weight is 325 g/mol. The van der Waals surface area contributed by atoms with Crippen molar-refractivity contribution in [2.45, 2.75) is 40.0 Å². The van der Waals surface area contributed by atoms with Crippen molar-refractivity contribution in [2.24, 2.45) is 0 Å². The van der Waals surface area contributed by atoms with E-state index in [4.69, 9.17) is 4.74 Å². The largest absolute Gasteiger partial charge is 0.491 e. The van der Waals surface area contributed by atoms with Gasteiger partial charge in [-0.15, -0.1) is 0 Å². The third kappa shape index (κ3) is 4.60. The van der Waals surface area contributed by atoms with Crippen LogP contribution in [0.2, 0.25) is 0 Å².